The van der Waals surface area contributed by atoms with E-state index in [1.165, 1.54) is 5.31 Å². The first-order valence-electron chi connectivity index (χ1n) is 12.2. The van der Waals surface area contributed by atoms with Crippen molar-refractivity contribution in [2.24, 2.45) is 0 Å². The second-order valence-corrected chi connectivity index (χ2v) is 16.2. The van der Waals surface area contributed by atoms with E-state index >= 15 is 0 Å². The Bertz CT molecular complexity index is 967. The van der Waals surface area contributed by atoms with E-state index in [2.05, 4.69) is 33.9 Å². The van der Waals surface area contributed by atoms with E-state index in [9.17, 15) is 5.11 Å². The van der Waals surface area contributed by atoms with Crippen molar-refractivity contribution in [1.29, 1.82) is 0 Å². The van der Waals surface area contributed by atoms with E-state index in [1.54, 1.807) is 13.2 Å². The van der Waals surface area contributed by atoms with Crippen molar-refractivity contribution in [1.82, 2.24) is 5.31 Å². The average Bonchev–Trinajstić information content (AvgIpc) is 3.32. The molecule has 9 heteroatoms. The molecular weight excluding hydrogens is 442 g/mol. The van der Waals surface area contributed by atoms with Gasteiger partial charge in [0.2, 0.25) is 6.79 Å². The fraction of sp³-hybridized carbons (Fsp3) is 0.750. The summed E-state index contributed by atoms with van der Waals surface area (Å²) in [5.41, 5.74) is 1.48. The number of rotatable bonds is 3. The number of ether oxygens (including phenoxy) is 5. The van der Waals surface area contributed by atoms with Crippen LogP contribution in [0.4, 0.5) is 0 Å². The maximum Gasteiger partial charge on any atom is 0.231 e. The van der Waals surface area contributed by atoms with Gasteiger partial charge in [-0.2, -0.15) is 0 Å². The van der Waals surface area contributed by atoms with Crippen LogP contribution >= 0.6 is 0 Å². The number of aliphatic hydroxyl groups is 1. The molecular formula is C24H37NO7Si. The molecule has 0 spiro atoms. The molecule has 8 nitrogen and oxygen atoms in total. The minimum Gasteiger partial charge on any atom is -0.454 e. The highest BCUT2D eigenvalue weighted by Gasteiger charge is 2.62. The summed E-state index contributed by atoms with van der Waals surface area (Å²) >= 11 is 0. The Balaban J connectivity index is 1.65. The topological polar surface area (TPSA) is 87.6 Å². The normalized spacial score (nSPS) is 37.8. The number of aliphatic hydroxyl groups excluding tert-OH is 1. The van der Waals surface area contributed by atoms with Crippen molar-refractivity contribution in [3.05, 3.63) is 23.3 Å². The highest BCUT2D eigenvalue weighted by atomic mass is 28.4. The van der Waals surface area contributed by atoms with Crippen LogP contribution in [0.5, 0.6) is 11.5 Å². The zero-order chi connectivity index (χ0) is 24.8. The van der Waals surface area contributed by atoms with Gasteiger partial charge in [0, 0.05) is 24.6 Å². The second-order valence-electron chi connectivity index (χ2n) is 11.5. The Hall–Kier alpha value is -1.20. The van der Waals surface area contributed by atoms with E-state index in [4.69, 9.17) is 29.5 Å². The fourth-order valence-electron chi connectivity index (χ4n) is 5.32. The molecule has 2 N–H and O–H groups in total. The van der Waals surface area contributed by atoms with E-state index in [0.29, 0.717) is 17.1 Å². The maximum atomic E-state index is 11.1. The van der Waals surface area contributed by atoms with Crippen LogP contribution < -0.4 is 14.8 Å². The smallest absolute Gasteiger partial charge is 0.231 e. The number of benzene rings is 1. The molecule has 2 fully saturated rings. The second kappa shape index (κ2) is 7.65. The Morgan fingerprint density at radius 1 is 1.09 bits per heavy atom. The number of hydrogen-bond acceptors (Lipinski definition) is 8. The van der Waals surface area contributed by atoms with Gasteiger partial charge < -0.3 is 33.2 Å². The summed E-state index contributed by atoms with van der Waals surface area (Å²) in [4.78, 5) is 0. The molecule has 1 unspecified atom stereocenters. The quantitative estimate of drug-likeness (QED) is 0.635. The lowest BCUT2D eigenvalue weighted by molar-refractivity contribution is -0.160. The Kier molecular flexibility index (Phi) is 5.16. The molecule has 184 valence electrons. The molecule has 0 radical (unpaired) electrons. The third-order valence-corrected chi connectivity index (χ3v) is 12.4. The van der Waals surface area contributed by atoms with E-state index < -0.39 is 50.8 Å². The number of methoxy groups -OCH3 is 1. The first kappa shape index (κ1) is 22.3. The van der Waals surface area contributed by atoms with Gasteiger partial charge in [0.1, 0.15) is 26.0 Å². The summed E-state index contributed by atoms with van der Waals surface area (Å²) in [6.07, 6.45) is -2.88. The monoisotopic (exact) mass is 481 g/mol. The van der Waals surface area contributed by atoms with Gasteiger partial charge in [0.25, 0.3) is 0 Å². The van der Waals surface area contributed by atoms with E-state index in [1.807, 2.05) is 19.9 Å². The van der Waals surface area contributed by atoms with Crippen molar-refractivity contribution in [3.8, 4) is 11.5 Å². The molecule has 0 amide bonds. The first-order valence-corrected chi connectivity index (χ1v) is 14.6. The Morgan fingerprint density at radius 2 is 1.70 bits per heavy atom. The van der Waals surface area contributed by atoms with Gasteiger partial charge in [0.05, 0.1) is 6.10 Å². The van der Waals surface area contributed by atoms with Crippen LogP contribution in [0.1, 0.15) is 57.9 Å². The van der Waals surface area contributed by atoms with Crippen LogP contribution in [0, 0.1) is 0 Å². The van der Waals surface area contributed by atoms with Gasteiger partial charge in [-0.05, 0) is 49.7 Å². The summed E-state index contributed by atoms with van der Waals surface area (Å²) in [5, 5.41) is 12.4. The van der Waals surface area contributed by atoms with Gasteiger partial charge in [-0.3, -0.25) is 5.31 Å². The third kappa shape index (κ3) is 3.73. The molecule has 5 rings (SSSR count). The molecule has 7 atom stereocenters. The molecule has 0 aromatic heterocycles. The molecule has 1 aliphatic carbocycles. The van der Waals surface area contributed by atoms with Crippen molar-refractivity contribution in [2.45, 2.75) is 101 Å². The molecule has 1 saturated heterocycles. The van der Waals surface area contributed by atoms with E-state index in [-0.39, 0.29) is 17.7 Å². The molecule has 1 saturated carbocycles. The SMILES string of the molecule is [3H]N1C(O)c2cc3c(cc2[C@H]2[C@@H](OC)[C@H](O[Si](C)(C)C(C)(C)C)[C@H]4OC(C)(C)O[C@H]4[C@@H]21)OCO3. The maximum absolute atomic E-state index is 11.1. The summed E-state index contributed by atoms with van der Waals surface area (Å²) in [7, 11) is -0.545. The van der Waals surface area contributed by atoms with Gasteiger partial charge >= 0.3 is 0 Å². The molecule has 1 aromatic carbocycles. The highest BCUT2D eigenvalue weighted by molar-refractivity contribution is 6.74. The van der Waals surface area contributed by atoms with Crippen molar-refractivity contribution >= 4 is 8.32 Å². The fourth-order valence-corrected chi connectivity index (χ4v) is 6.63. The Morgan fingerprint density at radius 3 is 2.30 bits per heavy atom. The summed E-state index contributed by atoms with van der Waals surface area (Å²) in [6, 6.07) is 3.19. The van der Waals surface area contributed by atoms with Gasteiger partial charge in [-0.1, -0.05) is 20.8 Å². The molecule has 3 aliphatic heterocycles. The van der Waals surface area contributed by atoms with Crippen molar-refractivity contribution < 1.29 is 34.6 Å². The zero-order valence-electron chi connectivity index (χ0n) is 21.7. The lowest BCUT2D eigenvalue weighted by Gasteiger charge is -2.53. The van der Waals surface area contributed by atoms with Crippen molar-refractivity contribution in [3.63, 3.8) is 0 Å². The standard InChI is InChI=1S/C24H37NO7Si/c1-23(2,3)33(7,8)32-21-18(27-6)16-12-9-14-15(29-11-28-14)10-13(12)22(26)25-17(16)19-20(21)31-24(4,5)30-19/h9-10,16-22,25-26H,11H2,1-8H3/t16-,17-,18-,19+,20+,21+,22?/m1/s1/i/hT. The van der Waals surface area contributed by atoms with Crippen LogP contribution in [0.25, 0.3) is 0 Å². The van der Waals surface area contributed by atoms with Gasteiger partial charge in [-0.15, -0.1) is 0 Å². The Labute approximate surface area is 198 Å². The van der Waals surface area contributed by atoms with Crippen LogP contribution in [0.2, 0.25) is 19.5 Å². The van der Waals surface area contributed by atoms with Crippen LogP contribution in [-0.4, -0.2) is 63.6 Å². The summed E-state index contributed by atoms with van der Waals surface area (Å²) in [6.45, 7) is 14.9. The largest absolute Gasteiger partial charge is 0.454 e. The van der Waals surface area contributed by atoms with E-state index in [0.717, 1.165) is 5.56 Å². The highest BCUT2D eigenvalue weighted by Crippen LogP contribution is 2.52. The van der Waals surface area contributed by atoms with Crippen molar-refractivity contribution in [2.75, 3.05) is 13.9 Å². The molecule has 33 heavy (non-hydrogen) atoms. The minimum absolute atomic E-state index is 0.0132. The van der Waals surface area contributed by atoms with Crippen LogP contribution in [0.3, 0.4) is 0 Å². The zero-order valence-corrected chi connectivity index (χ0v) is 21.7. The van der Waals surface area contributed by atoms with Crippen LogP contribution in [0.15, 0.2) is 12.1 Å². The van der Waals surface area contributed by atoms with Gasteiger partial charge in [-0.25, -0.2) is 0 Å². The molecule has 0 bridgehead atoms. The minimum atomic E-state index is -2.22. The number of nitrogens with one attached hydrogen (secondary N) is 1. The lowest BCUT2D eigenvalue weighted by Crippen LogP contribution is -2.67. The summed E-state index contributed by atoms with van der Waals surface area (Å²) in [5.74, 6) is 0.0520. The third-order valence-electron chi connectivity index (χ3n) is 7.91. The lowest BCUT2D eigenvalue weighted by atomic mass is 9.70. The predicted octanol–water partition coefficient (Wildman–Crippen LogP) is 3.40. The number of fused-ring (bicyclic) bond motifs is 6. The number of hydrogen-bond donors (Lipinski definition) is 2. The first-order chi connectivity index (χ1) is 15.8. The average molecular weight is 482 g/mol. The summed E-state index contributed by atoms with van der Waals surface area (Å²) < 4.78 is 46.1. The molecule has 3 heterocycles. The molecule has 1 aromatic rings. The predicted molar refractivity (Wildman–Crippen MR) is 124 cm³/mol. The van der Waals surface area contributed by atoms with Gasteiger partial charge in [0.15, 0.2) is 25.6 Å². The molecule has 4 aliphatic rings. The van der Waals surface area contributed by atoms with Crippen LogP contribution in [-0.2, 0) is 18.6 Å².